The SMILES string of the molecule is COc1ccc(NC(=O)[C@H]2C[C@H](CCSC)N[C@]23C(=O)Nc2c(C)cc(C)cc23)cc1. The molecule has 6 nitrogen and oxygen atoms in total. The molecule has 1 spiro atoms. The molecule has 1 saturated heterocycles. The van der Waals surface area contributed by atoms with Gasteiger partial charge in [-0.15, -0.1) is 0 Å². The fourth-order valence-corrected chi connectivity index (χ4v) is 5.39. The highest BCUT2D eigenvalue weighted by atomic mass is 32.2. The Labute approximate surface area is 187 Å². The summed E-state index contributed by atoms with van der Waals surface area (Å²) >= 11 is 1.77. The quantitative estimate of drug-likeness (QED) is 0.638. The average Bonchev–Trinajstić information content (AvgIpc) is 3.27. The first-order valence-corrected chi connectivity index (χ1v) is 11.9. The number of carbonyl (C=O) groups excluding carboxylic acids is 2. The molecular formula is C24H29N3O3S. The number of carbonyl (C=O) groups is 2. The minimum Gasteiger partial charge on any atom is -0.497 e. The van der Waals surface area contributed by atoms with Gasteiger partial charge in [0, 0.05) is 23.0 Å². The molecule has 4 rings (SSSR count). The first-order chi connectivity index (χ1) is 14.9. The molecule has 164 valence electrons. The molecular weight excluding hydrogens is 410 g/mol. The normalized spacial score (nSPS) is 24.2. The predicted molar refractivity (Wildman–Crippen MR) is 126 cm³/mol. The van der Waals surface area contributed by atoms with Crippen LogP contribution < -0.4 is 20.7 Å². The van der Waals surface area contributed by atoms with Gasteiger partial charge < -0.3 is 15.4 Å². The molecule has 2 heterocycles. The largest absolute Gasteiger partial charge is 0.497 e. The van der Waals surface area contributed by atoms with Crippen molar-refractivity contribution in [2.45, 2.75) is 38.3 Å². The number of benzene rings is 2. The number of amides is 2. The smallest absolute Gasteiger partial charge is 0.250 e. The maximum absolute atomic E-state index is 13.5. The van der Waals surface area contributed by atoms with Gasteiger partial charge in [0.1, 0.15) is 11.3 Å². The van der Waals surface area contributed by atoms with Crippen LogP contribution in [0, 0.1) is 19.8 Å². The van der Waals surface area contributed by atoms with Crippen molar-refractivity contribution in [2.24, 2.45) is 5.92 Å². The lowest BCUT2D eigenvalue weighted by molar-refractivity contribution is -0.130. The highest BCUT2D eigenvalue weighted by molar-refractivity contribution is 7.98. The highest BCUT2D eigenvalue weighted by Gasteiger charge is 2.60. The highest BCUT2D eigenvalue weighted by Crippen LogP contribution is 2.49. The van der Waals surface area contributed by atoms with E-state index in [9.17, 15) is 9.59 Å². The van der Waals surface area contributed by atoms with Gasteiger partial charge in [0.2, 0.25) is 11.8 Å². The number of ether oxygens (including phenoxy) is 1. The lowest BCUT2D eigenvalue weighted by Crippen LogP contribution is -2.52. The summed E-state index contributed by atoms with van der Waals surface area (Å²) in [7, 11) is 1.61. The summed E-state index contributed by atoms with van der Waals surface area (Å²) < 4.78 is 5.20. The van der Waals surface area contributed by atoms with E-state index in [0.717, 1.165) is 40.3 Å². The number of rotatable bonds is 6. The average molecular weight is 440 g/mol. The molecule has 0 aliphatic carbocycles. The topological polar surface area (TPSA) is 79.5 Å². The van der Waals surface area contributed by atoms with E-state index >= 15 is 0 Å². The molecule has 2 aromatic rings. The summed E-state index contributed by atoms with van der Waals surface area (Å²) in [6.45, 7) is 4.02. The summed E-state index contributed by atoms with van der Waals surface area (Å²) in [4.78, 5) is 26.9. The lowest BCUT2D eigenvalue weighted by atomic mass is 9.78. The van der Waals surface area contributed by atoms with E-state index in [-0.39, 0.29) is 17.9 Å². The number of methoxy groups -OCH3 is 1. The van der Waals surface area contributed by atoms with Crippen LogP contribution in [0.2, 0.25) is 0 Å². The number of hydrogen-bond donors (Lipinski definition) is 3. The fourth-order valence-electron chi connectivity index (χ4n) is 4.87. The van der Waals surface area contributed by atoms with Crippen LogP contribution in [0.1, 0.15) is 29.5 Å². The number of aryl methyl sites for hydroxylation is 2. The van der Waals surface area contributed by atoms with E-state index in [1.807, 2.05) is 44.2 Å². The van der Waals surface area contributed by atoms with Gasteiger partial charge in [-0.25, -0.2) is 0 Å². The maximum Gasteiger partial charge on any atom is 0.250 e. The first-order valence-electron chi connectivity index (χ1n) is 10.5. The summed E-state index contributed by atoms with van der Waals surface area (Å²) in [5, 5.41) is 9.68. The fraction of sp³-hybridized carbons (Fsp3) is 0.417. The van der Waals surface area contributed by atoms with Crippen LogP contribution in [0.25, 0.3) is 0 Å². The Morgan fingerprint density at radius 2 is 2.00 bits per heavy atom. The molecule has 7 heteroatoms. The summed E-state index contributed by atoms with van der Waals surface area (Å²) in [6.07, 6.45) is 3.59. The molecule has 31 heavy (non-hydrogen) atoms. The zero-order valence-corrected chi connectivity index (χ0v) is 19.2. The second-order valence-corrected chi connectivity index (χ2v) is 9.38. The van der Waals surface area contributed by atoms with Gasteiger partial charge in [0.05, 0.1) is 13.0 Å². The Kier molecular flexibility index (Phi) is 5.99. The van der Waals surface area contributed by atoms with Gasteiger partial charge in [0.25, 0.3) is 0 Å². The Morgan fingerprint density at radius 3 is 2.68 bits per heavy atom. The third-order valence-electron chi connectivity index (χ3n) is 6.32. The number of nitrogens with one attached hydrogen (secondary N) is 3. The van der Waals surface area contributed by atoms with E-state index < -0.39 is 11.5 Å². The van der Waals surface area contributed by atoms with Crippen molar-refractivity contribution in [2.75, 3.05) is 29.8 Å². The van der Waals surface area contributed by atoms with Crippen LogP contribution in [-0.2, 0) is 15.1 Å². The second kappa shape index (κ2) is 8.55. The Morgan fingerprint density at radius 1 is 1.26 bits per heavy atom. The number of fused-ring (bicyclic) bond motifs is 2. The Hall–Kier alpha value is -2.51. The van der Waals surface area contributed by atoms with Crippen molar-refractivity contribution in [1.29, 1.82) is 0 Å². The molecule has 3 atom stereocenters. The van der Waals surface area contributed by atoms with Gasteiger partial charge >= 0.3 is 0 Å². The van der Waals surface area contributed by atoms with Crippen molar-refractivity contribution in [3.05, 3.63) is 53.1 Å². The maximum atomic E-state index is 13.5. The first kappa shape index (κ1) is 21.7. The van der Waals surface area contributed by atoms with Crippen LogP contribution in [0.15, 0.2) is 36.4 Å². The molecule has 3 N–H and O–H groups in total. The van der Waals surface area contributed by atoms with Crippen LogP contribution in [-0.4, -0.2) is 37.0 Å². The number of thioether (sulfide) groups is 1. The molecule has 2 amide bonds. The molecule has 0 bridgehead atoms. The van der Waals surface area contributed by atoms with E-state index in [4.69, 9.17) is 4.74 Å². The lowest BCUT2D eigenvalue weighted by Gasteiger charge is -2.29. The van der Waals surface area contributed by atoms with Crippen LogP contribution in [0.3, 0.4) is 0 Å². The van der Waals surface area contributed by atoms with Crippen molar-refractivity contribution in [1.82, 2.24) is 5.32 Å². The van der Waals surface area contributed by atoms with E-state index in [1.165, 1.54) is 0 Å². The monoisotopic (exact) mass is 439 g/mol. The molecule has 0 radical (unpaired) electrons. The predicted octanol–water partition coefficient (Wildman–Crippen LogP) is 3.83. The van der Waals surface area contributed by atoms with Gasteiger partial charge in [-0.1, -0.05) is 17.7 Å². The van der Waals surface area contributed by atoms with Gasteiger partial charge in [0.15, 0.2) is 0 Å². The second-order valence-electron chi connectivity index (χ2n) is 8.40. The Bertz CT molecular complexity index is 1010. The zero-order chi connectivity index (χ0) is 22.2. The molecule has 2 aliphatic rings. The standard InChI is InChI=1S/C24H29N3O3S/c1-14-11-15(2)21-19(12-14)24(23(29)26-21)20(13-17(27-24)9-10-31-4)22(28)25-16-5-7-18(30-3)8-6-16/h5-8,11-12,17,20,27H,9-10,13H2,1-4H3,(H,25,28)(H,26,29)/t17-,20+,24-/m0/s1. The van der Waals surface area contributed by atoms with Crippen LogP contribution in [0.4, 0.5) is 11.4 Å². The summed E-state index contributed by atoms with van der Waals surface area (Å²) in [5.41, 5.74) is 3.45. The Balaban J connectivity index is 1.71. The third-order valence-corrected chi connectivity index (χ3v) is 6.96. The zero-order valence-electron chi connectivity index (χ0n) is 18.4. The van der Waals surface area contributed by atoms with E-state index in [0.29, 0.717) is 12.1 Å². The van der Waals surface area contributed by atoms with Crippen LogP contribution in [0.5, 0.6) is 5.75 Å². The molecule has 2 aliphatic heterocycles. The van der Waals surface area contributed by atoms with Gasteiger partial charge in [-0.2, -0.15) is 11.8 Å². The van der Waals surface area contributed by atoms with Crippen molar-refractivity contribution in [3.8, 4) is 5.75 Å². The van der Waals surface area contributed by atoms with Crippen molar-refractivity contribution >= 4 is 35.0 Å². The van der Waals surface area contributed by atoms with Crippen LogP contribution >= 0.6 is 11.8 Å². The van der Waals surface area contributed by atoms with Gasteiger partial charge in [-0.05, 0) is 68.5 Å². The molecule has 0 saturated carbocycles. The summed E-state index contributed by atoms with van der Waals surface area (Å²) in [5.74, 6) is 0.902. The van der Waals surface area contributed by atoms with Gasteiger partial charge in [-0.3, -0.25) is 14.9 Å². The molecule has 1 fully saturated rings. The number of hydrogen-bond acceptors (Lipinski definition) is 5. The minimum atomic E-state index is -1.05. The number of anilines is 2. The minimum absolute atomic E-state index is 0.0941. The molecule has 0 aromatic heterocycles. The van der Waals surface area contributed by atoms with Crippen molar-refractivity contribution < 1.29 is 14.3 Å². The van der Waals surface area contributed by atoms with E-state index in [2.05, 4.69) is 28.3 Å². The van der Waals surface area contributed by atoms with Crippen molar-refractivity contribution in [3.63, 3.8) is 0 Å². The molecule has 0 unspecified atom stereocenters. The summed E-state index contributed by atoms with van der Waals surface area (Å²) in [6, 6.07) is 11.4. The molecule has 2 aromatic carbocycles. The third kappa shape index (κ3) is 3.81. The van der Waals surface area contributed by atoms with E-state index in [1.54, 1.807) is 18.9 Å².